The molecular formula is C19H14F3N5O. The zero-order chi connectivity index (χ0) is 20.4. The highest BCUT2D eigenvalue weighted by Gasteiger charge is 2.14. The molecule has 142 valence electrons. The summed E-state index contributed by atoms with van der Waals surface area (Å²) in [6.07, 6.45) is 0. The van der Waals surface area contributed by atoms with Gasteiger partial charge in [-0.2, -0.15) is 15.3 Å². The number of rotatable bonds is 4. The van der Waals surface area contributed by atoms with Gasteiger partial charge in [-0.3, -0.25) is 4.79 Å². The van der Waals surface area contributed by atoms with Gasteiger partial charge in [-0.1, -0.05) is 6.07 Å². The molecule has 3 aromatic rings. The van der Waals surface area contributed by atoms with Crippen LogP contribution in [0, 0.1) is 42.6 Å². The molecule has 0 radical (unpaired) electrons. The molecule has 3 rings (SSSR count). The summed E-state index contributed by atoms with van der Waals surface area (Å²) in [4.78, 5) is 15.9. The largest absolute Gasteiger partial charge is 0.324 e. The van der Waals surface area contributed by atoms with Gasteiger partial charge in [0.25, 0.3) is 5.56 Å². The molecule has 0 aliphatic carbocycles. The summed E-state index contributed by atoms with van der Waals surface area (Å²) < 4.78 is 41.4. The zero-order valence-corrected chi connectivity index (χ0v) is 14.9. The van der Waals surface area contributed by atoms with Crippen molar-refractivity contribution in [3.63, 3.8) is 0 Å². The minimum Gasteiger partial charge on any atom is -0.324 e. The maximum Gasteiger partial charge on any atom is 0.296 e. The van der Waals surface area contributed by atoms with E-state index in [0.29, 0.717) is 11.3 Å². The molecule has 0 spiro atoms. The van der Waals surface area contributed by atoms with E-state index in [2.05, 4.69) is 15.4 Å². The lowest BCUT2D eigenvalue weighted by Crippen LogP contribution is -2.23. The van der Waals surface area contributed by atoms with Crippen molar-refractivity contribution in [1.29, 1.82) is 5.26 Å². The van der Waals surface area contributed by atoms with E-state index in [9.17, 15) is 18.0 Å². The van der Waals surface area contributed by atoms with E-state index < -0.39 is 23.0 Å². The molecule has 1 N–H and O–H groups in total. The number of halogens is 3. The van der Waals surface area contributed by atoms with E-state index in [0.717, 1.165) is 17.7 Å². The molecule has 9 heteroatoms. The molecule has 0 saturated carbocycles. The van der Waals surface area contributed by atoms with Crippen molar-refractivity contribution in [3.05, 3.63) is 80.5 Å². The van der Waals surface area contributed by atoms with Gasteiger partial charge in [0.05, 0.1) is 18.2 Å². The topological polar surface area (TPSA) is 83.6 Å². The van der Waals surface area contributed by atoms with Crippen LogP contribution in [0.3, 0.4) is 0 Å². The average molecular weight is 385 g/mol. The van der Waals surface area contributed by atoms with Crippen molar-refractivity contribution in [2.75, 3.05) is 5.32 Å². The van der Waals surface area contributed by atoms with Crippen LogP contribution in [0.4, 0.5) is 24.8 Å². The number of nitriles is 1. The third-order valence-electron chi connectivity index (χ3n) is 4.02. The first-order valence-corrected chi connectivity index (χ1v) is 8.15. The van der Waals surface area contributed by atoms with Crippen molar-refractivity contribution >= 4 is 11.6 Å². The van der Waals surface area contributed by atoms with Gasteiger partial charge in [-0.05, 0) is 49.2 Å². The molecule has 1 heterocycles. The van der Waals surface area contributed by atoms with Crippen LogP contribution in [0.2, 0.25) is 0 Å². The molecule has 0 amide bonds. The van der Waals surface area contributed by atoms with Gasteiger partial charge in [-0.25, -0.2) is 17.9 Å². The summed E-state index contributed by atoms with van der Waals surface area (Å²) in [6, 6.07) is 8.63. The van der Waals surface area contributed by atoms with Crippen molar-refractivity contribution in [2.45, 2.75) is 20.4 Å². The van der Waals surface area contributed by atoms with Gasteiger partial charge in [0.15, 0.2) is 17.5 Å². The minimum atomic E-state index is -1.56. The third kappa shape index (κ3) is 3.86. The Bertz CT molecular complexity index is 1140. The molecule has 2 aromatic carbocycles. The smallest absolute Gasteiger partial charge is 0.296 e. The number of hydrogen-bond donors (Lipinski definition) is 1. The SMILES string of the molecule is Cc1ccc(C#N)cc1Nc1nc(=O)c(C)nn1Cc1cc(F)c(F)c(F)c1. The van der Waals surface area contributed by atoms with E-state index in [1.807, 2.05) is 6.07 Å². The summed E-state index contributed by atoms with van der Waals surface area (Å²) in [5.41, 5.74) is 1.28. The fourth-order valence-electron chi connectivity index (χ4n) is 2.53. The first kappa shape index (κ1) is 19.1. The first-order chi connectivity index (χ1) is 13.3. The Morgan fingerprint density at radius 2 is 1.82 bits per heavy atom. The van der Waals surface area contributed by atoms with Crippen molar-refractivity contribution < 1.29 is 13.2 Å². The number of nitrogens with one attached hydrogen (secondary N) is 1. The normalized spacial score (nSPS) is 10.6. The first-order valence-electron chi connectivity index (χ1n) is 8.15. The second-order valence-corrected chi connectivity index (χ2v) is 6.12. The fraction of sp³-hybridized carbons (Fsp3) is 0.158. The van der Waals surface area contributed by atoms with Crippen LogP contribution in [0.1, 0.15) is 22.4 Å². The van der Waals surface area contributed by atoms with Crippen LogP contribution in [0.15, 0.2) is 35.1 Å². The molecule has 0 fully saturated rings. The molecule has 6 nitrogen and oxygen atoms in total. The summed E-state index contributed by atoms with van der Waals surface area (Å²) in [5, 5.41) is 16.1. The number of aryl methyl sites for hydroxylation is 2. The molecule has 0 aliphatic heterocycles. The molecular weight excluding hydrogens is 371 g/mol. The van der Waals surface area contributed by atoms with Crippen molar-refractivity contribution in [3.8, 4) is 6.07 Å². The van der Waals surface area contributed by atoms with Crippen molar-refractivity contribution in [2.24, 2.45) is 0 Å². The highest BCUT2D eigenvalue weighted by Crippen LogP contribution is 2.21. The molecule has 0 saturated heterocycles. The minimum absolute atomic E-state index is 0.0129. The quantitative estimate of drug-likeness (QED) is 0.697. The Labute approximate surface area is 157 Å². The summed E-state index contributed by atoms with van der Waals surface area (Å²) in [6.45, 7) is 3.07. The van der Waals surface area contributed by atoms with Crippen LogP contribution in [0.5, 0.6) is 0 Å². The maximum absolute atomic E-state index is 13.5. The standard InChI is InChI=1S/C19H14F3N5O/c1-10-3-4-12(8-23)7-16(10)24-19-25-18(28)11(2)26-27(19)9-13-5-14(20)17(22)15(21)6-13/h3-7H,9H2,1-2H3,(H,24,25,28). The number of benzene rings is 2. The number of hydrogen-bond acceptors (Lipinski definition) is 5. The number of nitrogens with zero attached hydrogens (tertiary/aromatic N) is 4. The third-order valence-corrected chi connectivity index (χ3v) is 4.02. The second kappa shape index (κ2) is 7.52. The van der Waals surface area contributed by atoms with Crippen LogP contribution < -0.4 is 10.9 Å². The van der Waals surface area contributed by atoms with Gasteiger partial charge in [0.1, 0.15) is 5.69 Å². The zero-order valence-electron chi connectivity index (χ0n) is 14.9. The van der Waals surface area contributed by atoms with Gasteiger partial charge >= 0.3 is 0 Å². The highest BCUT2D eigenvalue weighted by molar-refractivity contribution is 5.61. The van der Waals surface area contributed by atoms with Crippen LogP contribution >= 0.6 is 0 Å². The Balaban J connectivity index is 2.04. The van der Waals surface area contributed by atoms with Crippen LogP contribution in [0.25, 0.3) is 0 Å². The summed E-state index contributed by atoms with van der Waals surface area (Å²) >= 11 is 0. The Kier molecular flexibility index (Phi) is 5.13. The van der Waals surface area contributed by atoms with Crippen molar-refractivity contribution in [1.82, 2.24) is 14.8 Å². The van der Waals surface area contributed by atoms with Gasteiger partial charge in [-0.15, -0.1) is 0 Å². The highest BCUT2D eigenvalue weighted by atomic mass is 19.2. The maximum atomic E-state index is 13.5. The van der Waals surface area contributed by atoms with E-state index in [1.165, 1.54) is 11.6 Å². The number of anilines is 2. The number of aromatic nitrogens is 3. The lowest BCUT2D eigenvalue weighted by atomic mass is 10.1. The molecule has 0 bridgehead atoms. The molecule has 28 heavy (non-hydrogen) atoms. The van der Waals surface area contributed by atoms with Gasteiger partial charge in [0.2, 0.25) is 5.95 Å². The van der Waals surface area contributed by atoms with Gasteiger partial charge in [0, 0.05) is 5.69 Å². The van der Waals surface area contributed by atoms with Gasteiger partial charge < -0.3 is 5.32 Å². The lowest BCUT2D eigenvalue weighted by Gasteiger charge is -2.15. The molecule has 1 aromatic heterocycles. The Hall–Kier alpha value is -3.67. The van der Waals surface area contributed by atoms with Crippen LogP contribution in [-0.2, 0) is 6.54 Å². The fourth-order valence-corrected chi connectivity index (χ4v) is 2.53. The Morgan fingerprint density at radius 1 is 1.14 bits per heavy atom. The average Bonchev–Trinajstić information content (AvgIpc) is 2.65. The summed E-state index contributed by atoms with van der Waals surface area (Å²) in [7, 11) is 0. The monoisotopic (exact) mass is 385 g/mol. The molecule has 0 aliphatic rings. The molecule has 0 atom stereocenters. The van der Waals surface area contributed by atoms with E-state index >= 15 is 0 Å². The summed E-state index contributed by atoms with van der Waals surface area (Å²) in [5.74, 6) is -4.20. The van der Waals surface area contributed by atoms with E-state index in [4.69, 9.17) is 5.26 Å². The molecule has 0 unspecified atom stereocenters. The predicted molar refractivity (Wildman–Crippen MR) is 95.6 cm³/mol. The second-order valence-electron chi connectivity index (χ2n) is 6.12. The lowest BCUT2D eigenvalue weighted by molar-refractivity contribution is 0.444. The van der Waals surface area contributed by atoms with E-state index in [-0.39, 0.29) is 23.8 Å². The predicted octanol–water partition coefficient (Wildman–Crippen LogP) is 3.34. The van der Waals surface area contributed by atoms with Crippen LogP contribution in [-0.4, -0.2) is 14.8 Å². The van der Waals surface area contributed by atoms with E-state index in [1.54, 1.807) is 25.1 Å². The Morgan fingerprint density at radius 3 is 2.46 bits per heavy atom.